The Morgan fingerprint density at radius 3 is 2.08 bits per heavy atom. The Labute approximate surface area is 222 Å². The van der Waals surface area contributed by atoms with Crippen LogP contribution in [-0.2, 0) is 15.9 Å². The molecule has 0 radical (unpaired) electrons. The molecule has 5 heteroatoms. The fourth-order valence-corrected chi connectivity index (χ4v) is 6.44. The second kappa shape index (κ2) is 8.62. The monoisotopic (exact) mass is 504 g/mol. The van der Waals surface area contributed by atoms with E-state index >= 15 is 0 Å². The van der Waals surface area contributed by atoms with Gasteiger partial charge in [0.25, 0.3) is 0 Å². The van der Waals surface area contributed by atoms with Crippen LogP contribution in [-0.4, -0.2) is 15.6 Å². The van der Waals surface area contributed by atoms with Gasteiger partial charge in [-0.3, -0.25) is 0 Å². The van der Waals surface area contributed by atoms with Crippen molar-refractivity contribution in [2.75, 3.05) is 0 Å². The number of benzene rings is 3. The zero-order chi connectivity index (χ0) is 25.9. The van der Waals surface area contributed by atoms with Gasteiger partial charge in [-0.05, 0) is 72.9 Å². The summed E-state index contributed by atoms with van der Waals surface area (Å²) >= 11 is 0. The summed E-state index contributed by atoms with van der Waals surface area (Å²) in [5, 5.41) is 4.70. The molecule has 0 N–H and O–H groups in total. The average Bonchev–Trinajstić information content (AvgIpc) is 3.54. The Morgan fingerprint density at radius 2 is 1.47 bits per heavy atom. The number of aromatic nitrogens is 2. The fourth-order valence-electron chi connectivity index (χ4n) is 6.44. The van der Waals surface area contributed by atoms with Crippen LogP contribution in [0.5, 0.6) is 0 Å². The highest BCUT2D eigenvalue weighted by molar-refractivity contribution is 5.67. The second-order valence-electron chi connectivity index (χ2n) is 10.8. The molecular formula is C33H29FN2O2. The number of rotatable bonds is 3. The minimum absolute atomic E-state index is 0.230. The molecule has 0 amide bonds. The molecule has 1 aromatic heterocycles. The molecular weight excluding hydrogens is 475 g/mol. The van der Waals surface area contributed by atoms with E-state index in [4.69, 9.17) is 14.6 Å². The van der Waals surface area contributed by atoms with Crippen molar-refractivity contribution in [2.24, 2.45) is 5.41 Å². The molecule has 4 aromatic rings. The molecule has 0 bridgehead atoms. The van der Waals surface area contributed by atoms with Crippen molar-refractivity contribution in [2.45, 2.75) is 44.7 Å². The third kappa shape index (κ3) is 3.46. The number of fused-ring (bicyclic) bond motifs is 3. The summed E-state index contributed by atoms with van der Waals surface area (Å²) in [7, 11) is 0. The van der Waals surface area contributed by atoms with E-state index in [0.717, 1.165) is 34.5 Å². The standard InChI is InChI=1S/C33H29FN2O2/c1-22-17-18-33(37-30(23-9-5-3-6-10-23)31(38-33)24-11-7-4-8-12-24)32(2)20-25-21-35-36(29(25)19-28(22)32)27-15-13-26(34)14-16-27/h3-17,19,21,30-31H,18,20H2,1-2H3/t30-,31-,32+/m1/s1. The molecule has 0 saturated carbocycles. The van der Waals surface area contributed by atoms with E-state index in [0.29, 0.717) is 6.42 Å². The fraction of sp³-hybridized carbons (Fsp3) is 0.242. The summed E-state index contributed by atoms with van der Waals surface area (Å²) in [6, 6.07) is 27.2. The molecule has 3 atom stereocenters. The quantitative estimate of drug-likeness (QED) is 0.289. The van der Waals surface area contributed by atoms with Crippen LogP contribution in [0.1, 0.15) is 54.9 Å². The topological polar surface area (TPSA) is 36.3 Å². The average molecular weight is 505 g/mol. The molecule has 1 aliphatic heterocycles. The first kappa shape index (κ1) is 23.3. The largest absolute Gasteiger partial charge is 0.338 e. The Hall–Kier alpha value is -3.80. The van der Waals surface area contributed by atoms with E-state index in [1.54, 1.807) is 12.1 Å². The lowest BCUT2D eigenvalue weighted by Crippen LogP contribution is -2.53. The van der Waals surface area contributed by atoms with Gasteiger partial charge in [-0.15, -0.1) is 0 Å². The van der Waals surface area contributed by atoms with Crippen LogP contribution in [0.25, 0.3) is 11.8 Å². The summed E-state index contributed by atoms with van der Waals surface area (Å²) in [5.74, 6) is -1.10. The van der Waals surface area contributed by atoms with E-state index in [2.05, 4.69) is 74.5 Å². The Balaban J connectivity index is 1.34. The maximum absolute atomic E-state index is 13.6. The molecule has 2 heterocycles. The molecule has 2 aliphatic carbocycles. The van der Waals surface area contributed by atoms with Crippen LogP contribution < -0.4 is 0 Å². The van der Waals surface area contributed by atoms with Gasteiger partial charge in [0.15, 0.2) is 5.79 Å². The predicted molar refractivity (Wildman–Crippen MR) is 145 cm³/mol. The van der Waals surface area contributed by atoms with E-state index in [1.807, 2.05) is 23.0 Å². The van der Waals surface area contributed by atoms with Gasteiger partial charge >= 0.3 is 0 Å². The first-order valence-electron chi connectivity index (χ1n) is 13.2. The van der Waals surface area contributed by atoms with Crippen molar-refractivity contribution in [3.63, 3.8) is 0 Å². The molecule has 1 spiro atoms. The van der Waals surface area contributed by atoms with E-state index in [-0.39, 0.29) is 18.0 Å². The number of hydrogen-bond donors (Lipinski definition) is 0. The number of hydrogen-bond acceptors (Lipinski definition) is 3. The van der Waals surface area contributed by atoms with Gasteiger partial charge in [0.1, 0.15) is 18.0 Å². The van der Waals surface area contributed by atoms with Gasteiger partial charge in [0.05, 0.1) is 23.0 Å². The maximum atomic E-state index is 13.6. The minimum Gasteiger partial charge on any atom is -0.338 e. The molecule has 3 aliphatic rings. The molecule has 4 nitrogen and oxygen atoms in total. The number of halogens is 1. The van der Waals surface area contributed by atoms with Crippen LogP contribution in [0.2, 0.25) is 0 Å². The smallest absolute Gasteiger partial charge is 0.183 e. The second-order valence-corrected chi connectivity index (χ2v) is 10.8. The summed E-state index contributed by atoms with van der Waals surface area (Å²) in [6.07, 6.45) is 7.33. The third-order valence-electron chi connectivity index (χ3n) is 8.49. The van der Waals surface area contributed by atoms with Crippen LogP contribution in [0.4, 0.5) is 4.39 Å². The molecule has 38 heavy (non-hydrogen) atoms. The Morgan fingerprint density at radius 1 is 0.868 bits per heavy atom. The number of ether oxygens (including phenoxy) is 2. The molecule has 0 unspecified atom stereocenters. The van der Waals surface area contributed by atoms with Crippen molar-refractivity contribution in [1.82, 2.24) is 9.78 Å². The predicted octanol–water partition coefficient (Wildman–Crippen LogP) is 7.53. The van der Waals surface area contributed by atoms with Gasteiger partial charge in [-0.1, -0.05) is 72.3 Å². The van der Waals surface area contributed by atoms with E-state index in [1.165, 1.54) is 23.3 Å². The van der Waals surface area contributed by atoms with Crippen LogP contribution in [0.15, 0.2) is 108 Å². The van der Waals surface area contributed by atoms with Gasteiger partial charge in [-0.2, -0.15) is 5.10 Å². The zero-order valence-electron chi connectivity index (χ0n) is 21.5. The van der Waals surface area contributed by atoms with Gasteiger partial charge in [0, 0.05) is 6.42 Å². The van der Waals surface area contributed by atoms with Crippen LogP contribution in [0, 0.1) is 11.2 Å². The summed E-state index contributed by atoms with van der Waals surface area (Å²) in [5.41, 5.74) is 7.20. The lowest BCUT2D eigenvalue weighted by Gasteiger charge is -2.50. The highest BCUT2D eigenvalue weighted by Gasteiger charge is 2.62. The summed E-state index contributed by atoms with van der Waals surface area (Å²) < 4.78 is 29.7. The first-order valence-corrected chi connectivity index (χ1v) is 13.2. The van der Waals surface area contributed by atoms with Crippen molar-refractivity contribution in [3.05, 3.63) is 137 Å². The molecule has 1 saturated heterocycles. The van der Waals surface area contributed by atoms with E-state index < -0.39 is 11.2 Å². The first-order chi connectivity index (χ1) is 18.5. The Kier molecular flexibility index (Phi) is 5.29. The third-order valence-corrected chi connectivity index (χ3v) is 8.49. The molecule has 7 rings (SSSR count). The lowest BCUT2D eigenvalue weighted by atomic mass is 9.62. The summed E-state index contributed by atoms with van der Waals surface area (Å²) in [4.78, 5) is 0. The van der Waals surface area contributed by atoms with Crippen molar-refractivity contribution < 1.29 is 13.9 Å². The zero-order valence-corrected chi connectivity index (χ0v) is 21.5. The maximum Gasteiger partial charge on any atom is 0.183 e. The molecule has 3 aromatic carbocycles. The molecule has 1 fully saturated rings. The highest BCUT2D eigenvalue weighted by atomic mass is 19.1. The lowest BCUT2D eigenvalue weighted by molar-refractivity contribution is -0.237. The highest BCUT2D eigenvalue weighted by Crippen LogP contribution is 2.62. The summed E-state index contributed by atoms with van der Waals surface area (Å²) in [6.45, 7) is 4.43. The Bertz CT molecular complexity index is 1510. The number of nitrogens with zero attached hydrogens (tertiary/aromatic N) is 2. The van der Waals surface area contributed by atoms with Crippen molar-refractivity contribution >= 4 is 6.08 Å². The molecule has 190 valence electrons. The van der Waals surface area contributed by atoms with Crippen LogP contribution in [0.3, 0.4) is 0 Å². The van der Waals surface area contributed by atoms with E-state index in [9.17, 15) is 4.39 Å². The van der Waals surface area contributed by atoms with Crippen LogP contribution >= 0.6 is 0 Å². The normalized spacial score (nSPS) is 25.4. The van der Waals surface area contributed by atoms with Crippen molar-refractivity contribution in [1.29, 1.82) is 0 Å². The minimum atomic E-state index is -0.838. The van der Waals surface area contributed by atoms with Crippen molar-refractivity contribution in [3.8, 4) is 5.69 Å². The SMILES string of the molecule is CC1=CCC2(O[C@H](c3ccccc3)[C@@H](c3ccccc3)O2)[C@@]2(C)Cc3cnn(-c4ccc(F)cc4)c3C=C12. The van der Waals surface area contributed by atoms with Gasteiger partial charge < -0.3 is 9.47 Å². The number of allylic oxidation sites excluding steroid dienone is 1. The van der Waals surface area contributed by atoms with Gasteiger partial charge in [-0.25, -0.2) is 9.07 Å². The van der Waals surface area contributed by atoms with Gasteiger partial charge in [0.2, 0.25) is 0 Å².